The summed E-state index contributed by atoms with van der Waals surface area (Å²) in [5.74, 6) is 1.38. The van der Waals surface area contributed by atoms with Gasteiger partial charge < -0.3 is 9.73 Å². The normalized spacial score (nSPS) is 10.8. The summed E-state index contributed by atoms with van der Waals surface area (Å²) in [6.45, 7) is 3.58. The van der Waals surface area contributed by atoms with Crippen LogP contribution in [0, 0.1) is 0 Å². The summed E-state index contributed by atoms with van der Waals surface area (Å²) in [6.07, 6.45) is 2.66. The van der Waals surface area contributed by atoms with E-state index in [9.17, 15) is 4.79 Å². The minimum Gasteiger partial charge on any atom is -0.439 e. The lowest BCUT2D eigenvalue weighted by atomic mass is 10.2. The van der Waals surface area contributed by atoms with E-state index in [0.29, 0.717) is 25.5 Å². The number of nitrogens with one attached hydrogen (secondary N) is 1. The zero-order valence-corrected chi connectivity index (χ0v) is 12.5. The molecule has 1 aromatic carbocycles. The molecule has 21 heavy (non-hydrogen) atoms. The molecule has 0 unspecified atom stereocenters. The van der Waals surface area contributed by atoms with Crippen LogP contribution in [0.15, 0.2) is 40.9 Å². The fourth-order valence-corrected chi connectivity index (χ4v) is 1.97. The van der Waals surface area contributed by atoms with E-state index in [4.69, 9.17) is 4.42 Å². The topological polar surface area (TPSA) is 58.4 Å². The van der Waals surface area contributed by atoms with Crippen molar-refractivity contribution >= 4 is 5.91 Å². The highest BCUT2D eigenvalue weighted by molar-refractivity contribution is 5.77. The van der Waals surface area contributed by atoms with Crippen LogP contribution in [-0.4, -0.2) is 35.9 Å². The number of rotatable bonds is 7. The highest BCUT2D eigenvalue weighted by Gasteiger charge is 2.11. The Bertz CT molecular complexity index is 566. The predicted octanol–water partition coefficient (Wildman–Crippen LogP) is 2.30. The lowest BCUT2D eigenvalue weighted by molar-refractivity contribution is -0.122. The van der Waals surface area contributed by atoms with E-state index < -0.39 is 0 Å². The summed E-state index contributed by atoms with van der Waals surface area (Å²) in [5.41, 5.74) is 1.000. The smallest absolute Gasteiger partial charge is 0.234 e. The summed E-state index contributed by atoms with van der Waals surface area (Å²) in [6, 6.07) is 9.84. The van der Waals surface area contributed by atoms with Crippen molar-refractivity contribution in [3.63, 3.8) is 0 Å². The van der Waals surface area contributed by atoms with Gasteiger partial charge in [0.05, 0.1) is 19.3 Å². The van der Waals surface area contributed by atoms with Gasteiger partial charge in [-0.2, -0.15) is 0 Å². The number of benzene rings is 1. The van der Waals surface area contributed by atoms with E-state index in [2.05, 4.69) is 10.3 Å². The van der Waals surface area contributed by atoms with Gasteiger partial charge in [-0.1, -0.05) is 37.3 Å². The highest BCUT2D eigenvalue weighted by atomic mass is 16.4. The lowest BCUT2D eigenvalue weighted by Gasteiger charge is -2.13. The van der Waals surface area contributed by atoms with E-state index >= 15 is 0 Å². The number of aromatic nitrogens is 1. The van der Waals surface area contributed by atoms with E-state index in [0.717, 1.165) is 17.7 Å². The molecule has 1 N–H and O–H groups in total. The van der Waals surface area contributed by atoms with Gasteiger partial charge in [-0.25, -0.2) is 4.98 Å². The first-order chi connectivity index (χ1) is 10.2. The van der Waals surface area contributed by atoms with Crippen molar-refractivity contribution in [2.24, 2.45) is 0 Å². The molecule has 5 heteroatoms. The van der Waals surface area contributed by atoms with E-state index in [1.54, 1.807) is 6.20 Å². The SMILES string of the molecule is CCCNC(=O)CN(C)Cc1ncc(-c2ccccc2)o1. The van der Waals surface area contributed by atoms with Crippen LogP contribution >= 0.6 is 0 Å². The van der Waals surface area contributed by atoms with Crippen LogP contribution in [0.3, 0.4) is 0 Å². The summed E-state index contributed by atoms with van der Waals surface area (Å²) >= 11 is 0. The van der Waals surface area contributed by atoms with Gasteiger partial charge in [0, 0.05) is 12.1 Å². The number of hydrogen-bond acceptors (Lipinski definition) is 4. The Hall–Kier alpha value is -2.14. The van der Waals surface area contributed by atoms with Crippen molar-refractivity contribution < 1.29 is 9.21 Å². The Balaban J connectivity index is 1.89. The van der Waals surface area contributed by atoms with Gasteiger partial charge >= 0.3 is 0 Å². The predicted molar refractivity (Wildman–Crippen MR) is 81.6 cm³/mol. The first-order valence-electron chi connectivity index (χ1n) is 7.14. The number of amides is 1. The second-order valence-electron chi connectivity index (χ2n) is 5.01. The third-order valence-electron chi connectivity index (χ3n) is 3.00. The molecule has 0 saturated heterocycles. The molecule has 2 rings (SSSR count). The molecular formula is C16H21N3O2. The molecule has 1 aromatic heterocycles. The molecule has 112 valence electrons. The zero-order valence-electron chi connectivity index (χ0n) is 12.5. The molecule has 0 radical (unpaired) electrons. The maximum atomic E-state index is 11.6. The van der Waals surface area contributed by atoms with E-state index in [-0.39, 0.29) is 5.91 Å². The molecule has 0 aliphatic rings. The number of nitrogens with zero attached hydrogens (tertiary/aromatic N) is 2. The summed E-state index contributed by atoms with van der Waals surface area (Å²) < 4.78 is 5.72. The van der Waals surface area contributed by atoms with Crippen LogP contribution in [0.4, 0.5) is 0 Å². The Morgan fingerprint density at radius 1 is 1.33 bits per heavy atom. The van der Waals surface area contributed by atoms with Crippen LogP contribution in [0.1, 0.15) is 19.2 Å². The first kappa shape index (κ1) is 15.3. The van der Waals surface area contributed by atoms with Gasteiger partial charge in [0.25, 0.3) is 0 Å². The molecule has 0 aliphatic heterocycles. The maximum absolute atomic E-state index is 11.6. The Kier molecular flexibility index (Phi) is 5.51. The largest absolute Gasteiger partial charge is 0.439 e. The van der Waals surface area contributed by atoms with Crippen LogP contribution in [0.5, 0.6) is 0 Å². The number of likely N-dealkylation sites (N-methyl/N-ethyl adjacent to an activating group) is 1. The highest BCUT2D eigenvalue weighted by Crippen LogP contribution is 2.20. The molecule has 2 aromatic rings. The third kappa shape index (κ3) is 4.72. The van der Waals surface area contributed by atoms with Gasteiger partial charge in [0.15, 0.2) is 5.76 Å². The van der Waals surface area contributed by atoms with Gasteiger partial charge in [0.1, 0.15) is 0 Å². The van der Waals surface area contributed by atoms with Gasteiger partial charge in [-0.15, -0.1) is 0 Å². The Morgan fingerprint density at radius 2 is 2.10 bits per heavy atom. The molecule has 0 atom stereocenters. The zero-order chi connectivity index (χ0) is 15.1. The average molecular weight is 287 g/mol. The second-order valence-corrected chi connectivity index (χ2v) is 5.01. The monoisotopic (exact) mass is 287 g/mol. The van der Waals surface area contributed by atoms with Crippen LogP contribution < -0.4 is 5.32 Å². The molecule has 1 amide bonds. The number of carbonyl (C=O) groups excluding carboxylic acids is 1. The molecule has 0 fully saturated rings. The van der Waals surface area contributed by atoms with Crippen molar-refractivity contribution in [3.8, 4) is 11.3 Å². The number of oxazole rings is 1. The fraction of sp³-hybridized carbons (Fsp3) is 0.375. The van der Waals surface area contributed by atoms with Crippen molar-refractivity contribution in [3.05, 3.63) is 42.4 Å². The number of carbonyl (C=O) groups is 1. The standard InChI is InChI=1S/C16H21N3O2/c1-3-9-17-15(20)11-19(2)12-16-18-10-14(21-16)13-7-5-4-6-8-13/h4-8,10H,3,9,11-12H2,1-2H3,(H,17,20). The minimum atomic E-state index is 0.0224. The van der Waals surface area contributed by atoms with Crippen LogP contribution in [0.25, 0.3) is 11.3 Å². The summed E-state index contributed by atoms with van der Waals surface area (Å²) in [4.78, 5) is 17.8. The van der Waals surface area contributed by atoms with E-state index in [1.807, 2.05) is 49.2 Å². The molecule has 0 saturated carbocycles. The average Bonchev–Trinajstić information content (AvgIpc) is 2.94. The van der Waals surface area contributed by atoms with E-state index in [1.165, 1.54) is 0 Å². The first-order valence-corrected chi connectivity index (χ1v) is 7.14. The summed E-state index contributed by atoms with van der Waals surface area (Å²) in [7, 11) is 1.87. The molecule has 0 bridgehead atoms. The van der Waals surface area contributed by atoms with Gasteiger partial charge in [-0.05, 0) is 13.5 Å². The molecular weight excluding hydrogens is 266 g/mol. The molecule has 1 heterocycles. The van der Waals surface area contributed by atoms with Crippen molar-refractivity contribution in [2.75, 3.05) is 20.1 Å². The minimum absolute atomic E-state index is 0.0224. The second kappa shape index (κ2) is 7.59. The van der Waals surface area contributed by atoms with Crippen molar-refractivity contribution in [1.82, 2.24) is 15.2 Å². The lowest BCUT2D eigenvalue weighted by Crippen LogP contribution is -2.35. The Morgan fingerprint density at radius 3 is 2.81 bits per heavy atom. The molecule has 0 aliphatic carbocycles. The van der Waals surface area contributed by atoms with Crippen molar-refractivity contribution in [1.29, 1.82) is 0 Å². The quantitative estimate of drug-likeness (QED) is 0.849. The van der Waals surface area contributed by atoms with Crippen molar-refractivity contribution in [2.45, 2.75) is 19.9 Å². The molecule has 0 spiro atoms. The summed E-state index contributed by atoms with van der Waals surface area (Å²) in [5, 5.41) is 2.85. The fourth-order valence-electron chi connectivity index (χ4n) is 1.97. The van der Waals surface area contributed by atoms with Gasteiger partial charge in [-0.3, -0.25) is 9.69 Å². The number of hydrogen-bond donors (Lipinski definition) is 1. The van der Waals surface area contributed by atoms with Gasteiger partial charge in [0.2, 0.25) is 11.8 Å². The molecule has 5 nitrogen and oxygen atoms in total. The Labute approximate surface area is 125 Å². The third-order valence-corrected chi connectivity index (χ3v) is 3.00. The maximum Gasteiger partial charge on any atom is 0.234 e. The van der Waals surface area contributed by atoms with Crippen LogP contribution in [0.2, 0.25) is 0 Å². The van der Waals surface area contributed by atoms with Crippen LogP contribution in [-0.2, 0) is 11.3 Å².